The Kier molecular flexibility index (Phi) is 6.89. The van der Waals surface area contributed by atoms with Crippen LogP contribution in [0.2, 0.25) is 0 Å². The van der Waals surface area contributed by atoms with E-state index in [0.29, 0.717) is 30.8 Å². The van der Waals surface area contributed by atoms with Crippen LogP contribution in [0.1, 0.15) is 50.4 Å². The van der Waals surface area contributed by atoms with Crippen LogP contribution in [0.15, 0.2) is 24.3 Å². The number of benzene rings is 1. The van der Waals surface area contributed by atoms with Crippen molar-refractivity contribution in [1.82, 2.24) is 5.32 Å². The molecule has 5 nitrogen and oxygen atoms in total. The Morgan fingerprint density at radius 3 is 2.45 bits per heavy atom. The van der Waals surface area contributed by atoms with Crippen molar-refractivity contribution in [2.45, 2.75) is 40.0 Å². The number of rotatable bonds is 9. The van der Waals surface area contributed by atoms with E-state index in [0.717, 1.165) is 6.42 Å². The van der Waals surface area contributed by atoms with Crippen LogP contribution < -0.4 is 10.1 Å². The minimum absolute atomic E-state index is 0.119. The van der Waals surface area contributed by atoms with Crippen molar-refractivity contribution in [3.63, 3.8) is 0 Å². The number of nitrogens with one attached hydrogen (secondary N) is 1. The molecule has 0 fully saturated rings. The maximum atomic E-state index is 12.2. The van der Waals surface area contributed by atoms with E-state index < -0.39 is 11.4 Å². The Morgan fingerprint density at radius 1 is 1.23 bits per heavy atom. The normalized spacial score (nSPS) is 11.0. The molecule has 0 heterocycles. The van der Waals surface area contributed by atoms with Crippen molar-refractivity contribution in [1.29, 1.82) is 0 Å². The van der Waals surface area contributed by atoms with Gasteiger partial charge in [-0.25, -0.2) is 0 Å². The molecule has 1 aromatic carbocycles. The highest BCUT2D eigenvalue weighted by molar-refractivity contribution is 5.94. The SMILES string of the molecule is CCCOc1cccc(C(=O)NCC(CC)(CC)C(=O)O)c1. The molecule has 122 valence electrons. The summed E-state index contributed by atoms with van der Waals surface area (Å²) >= 11 is 0. The molecule has 1 amide bonds. The second-order valence-electron chi connectivity index (χ2n) is 5.35. The number of carbonyl (C=O) groups is 2. The predicted octanol–water partition coefficient (Wildman–Crippen LogP) is 3.10. The standard InChI is InChI=1S/C17H25NO4/c1-4-10-22-14-9-7-8-13(11-14)15(19)18-12-17(5-2,6-3)16(20)21/h7-9,11H,4-6,10,12H2,1-3H3,(H,18,19)(H,20,21). The highest BCUT2D eigenvalue weighted by atomic mass is 16.5. The summed E-state index contributed by atoms with van der Waals surface area (Å²) in [6.07, 6.45) is 1.84. The van der Waals surface area contributed by atoms with Gasteiger partial charge in [0.15, 0.2) is 0 Å². The number of amides is 1. The van der Waals surface area contributed by atoms with E-state index in [4.69, 9.17) is 4.74 Å². The molecule has 0 aliphatic heterocycles. The Labute approximate surface area is 131 Å². The zero-order valence-corrected chi connectivity index (χ0v) is 13.5. The molecule has 0 atom stereocenters. The summed E-state index contributed by atoms with van der Waals surface area (Å²) in [6, 6.07) is 6.91. The van der Waals surface area contributed by atoms with E-state index in [9.17, 15) is 14.7 Å². The largest absolute Gasteiger partial charge is 0.494 e. The molecule has 0 aromatic heterocycles. The fourth-order valence-corrected chi connectivity index (χ4v) is 2.18. The number of carbonyl (C=O) groups excluding carboxylic acids is 1. The zero-order chi connectivity index (χ0) is 16.6. The van der Waals surface area contributed by atoms with Crippen molar-refractivity contribution >= 4 is 11.9 Å². The molecular weight excluding hydrogens is 282 g/mol. The first-order valence-electron chi connectivity index (χ1n) is 7.73. The molecule has 0 radical (unpaired) electrons. The van der Waals surface area contributed by atoms with Crippen molar-refractivity contribution in [2.75, 3.05) is 13.2 Å². The minimum atomic E-state index is -0.911. The molecule has 1 rings (SSSR count). The van der Waals surface area contributed by atoms with Gasteiger partial charge in [-0.05, 0) is 37.5 Å². The first kappa shape index (κ1) is 18.0. The quantitative estimate of drug-likeness (QED) is 0.735. The van der Waals surface area contributed by atoms with Crippen molar-refractivity contribution < 1.29 is 19.4 Å². The predicted molar refractivity (Wildman–Crippen MR) is 85.2 cm³/mol. The number of carboxylic acid groups (broad SMARTS) is 1. The average molecular weight is 307 g/mol. The van der Waals surface area contributed by atoms with Gasteiger partial charge in [0, 0.05) is 12.1 Å². The Bertz CT molecular complexity index is 509. The van der Waals surface area contributed by atoms with Gasteiger partial charge < -0.3 is 15.2 Å². The van der Waals surface area contributed by atoms with Crippen molar-refractivity contribution in [3.8, 4) is 5.75 Å². The Morgan fingerprint density at radius 2 is 1.91 bits per heavy atom. The van der Waals surface area contributed by atoms with E-state index in [1.54, 1.807) is 24.3 Å². The second kappa shape index (κ2) is 8.41. The summed E-state index contributed by atoms with van der Waals surface area (Å²) in [5.41, 5.74) is -0.438. The maximum Gasteiger partial charge on any atom is 0.311 e. The first-order chi connectivity index (χ1) is 10.5. The van der Waals surface area contributed by atoms with Crippen LogP contribution in [0.25, 0.3) is 0 Å². The molecule has 5 heteroatoms. The Balaban J connectivity index is 2.74. The first-order valence-corrected chi connectivity index (χ1v) is 7.73. The summed E-state index contributed by atoms with van der Waals surface area (Å²) in [7, 11) is 0. The van der Waals surface area contributed by atoms with Crippen LogP contribution in [-0.4, -0.2) is 30.1 Å². The second-order valence-corrected chi connectivity index (χ2v) is 5.35. The van der Waals surface area contributed by atoms with Crippen LogP contribution in [-0.2, 0) is 4.79 Å². The number of aliphatic carboxylic acids is 1. The highest BCUT2D eigenvalue weighted by Crippen LogP contribution is 2.26. The van der Waals surface area contributed by atoms with Crippen molar-refractivity contribution in [2.24, 2.45) is 5.41 Å². The Hall–Kier alpha value is -2.04. The third kappa shape index (κ3) is 4.48. The van der Waals surface area contributed by atoms with E-state index in [1.165, 1.54) is 0 Å². The van der Waals surface area contributed by atoms with Gasteiger partial charge >= 0.3 is 5.97 Å². The lowest BCUT2D eigenvalue weighted by molar-refractivity contribution is -0.149. The summed E-state index contributed by atoms with van der Waals surface area (Å²) in [5, 5.41) is 12.1. The number of ether oxygens (including phenoxy) is 1. The van der Waals surface area contributed by atoms with Gasteiger partial charge in [0.2, 0.25) is 0 Å². The van der Waals surface area contributed by atoms with Gasteiger partial charge in [0.25, 0.3) is 5.91 Å². The minimum Gasteiger partial charge on any atom is -0.494 e. The topological polar surface area (TPSA) is 75.6 Å². The van der Waals surface area contributed by atoms with Gasteiger partial charge in [-0.2, -0.15) is 0 Å². The van der Waals surface area contributed by atoms with Crippen LogP contribution >= 0.6 is 0 Å². The fraction of sp³-hybridized carbons (Fsp3) is 0.529. The molecule has 1 aromatic rings. The molecule has 0 saturated heterocycles. The summed E-state index contributed by atoms with van der Waals surface area (Å²) in [4.78, 5) is 23.6. The lowest BCUT2D eigenvalue weighted by Gasteiger charge is -2.26. The van der Waals surface area contributed by atoms with Gasteiger partial charge in [-0.1, -0.05) is 26.8 Å². The van der Waals surface area contributed by atoms with Crippen LogP contribution in [0.4, 0.5) is 0 Å². The molecule has 0 unspecified atom stereocenters. The molecule has 2 N–H and O–H groups in total. The lowest BCUT2D eigenvalue weighted by Crippen LogP contribution is -2.42. The smallest absolute Gasteiger partial charge is 0.311 e. The highest BCUT2D eigenvalue weighted by Gasteiger charge is 2.35. The molecule has 22 heavy (non-hydrogen) atoms. The van der Waals surface area contributed by atoms with Gasteiger partial charge in [-0.3, -0.25) is 9.59 Å². The zero-order valence-electron chi connectivity index (χ0n) is 13.5. The maximum absolute atomic E-state index is 12.2. The molecule has 0 bridgehead atoms. The molecule has 0 aliphatic rings. The van der Waals surface area contributed by atoms with Crippen LogP contribution in [0.5, 0.6) is 5.75 Å². The summed E-state index contributed by atoms with van der Waals surface area (Å²) in [6.45, 7) is 6.37. The van der Waals surface area contributed by atoms with E-state index >= 15 is 0 Å². The van der Waals surface area contributed by atoms with E-state index in [-0.39, 0.29) is 12.5 Å². The molecule has 0 aliphatic carbocycles. The summed E-state index contributed by atoms with van der Waals surface area (Å²) in [5.74, 6) is -0.516. The van der Waals surface area contributed by atoms with E-state index in [1.807, 2.05) is 20.8 Å². The number of carboxylic acids is 1. The molecular formula is C17H25NO4. The van der Waals surface area contributed by atoms with E-state index in [2.05, 4.69) is 5.32 Å². The van der Waals surface area contributed by atoms with Crippen LogP contribution in [0.3, 0.4) is 0 Å². The van der Waals surface area contributed by atoms with Gasteiger partial charge in [0.1, 0.15) is 5.75 Å². The van der Waals surface area contributed by atoms with Crippen LogP contribution in [0, 0.1) is 5.41 Å². The molecule has 0 saturated carbocycles. The lowest BCUT2D eigenvalue weighted by atomic mass is 9.82. The third-order valence-electron chi connectivity index (χ3n) is 3.96. The third-order valence-corrected chi connectivity index (χ3v) is 3.96. The number of hydrogen-bond donors (Lipinski definition) is 2. The number of hydrogen-bond acceptors (Lipinski definition) is 3. The van der Waals surface area contributed by atoms with Gasteiger partial charge in [-0.15, -0.1) is 0 Å². The monoisotopic (exact) mass is 307 g/mol. The average Bonchev–Trinajstić information content (AvgIpc) is 2.54. The van der Waals surface area contributed by atoms with Gasteiger partial charge in [0.05, 0.1) is 12.0 Å². The molecule has 0 spiro atoms. The summed E-state index contributed by atoms with van der Waals surface area (Å²) < 4.78 is 5.50. The fourth-order valence-electron chi connectivity index (χ4n) is 2.18. The van der Waals surface area contributed by atoms with Crippen molar-refractivity contribution in [3.05, 3.63) is 29.8 Å².